The monoisotopic (exact) mass is 368 g/mol. The molecule has 0 radical (unpaired) electrons. The van der Waals surface area contributed by atoms with E-state index in [1.54, 1.807) is 6.07 Å². The van der Waals surface area contributed by atoms with Gasteiger partial charge in [-0.05, 0) is 40.7 Å². The maximum absolute atomic E-state index is 13.6. The smallest absolute Gasteiger partial charge is 0.142 e. The van der Waals surface area contributed by atoms with Crippen LogP contribution in [-0.4, -0.2) is 0 Å². The van der Waals surface area contributed by atoms with Crippen molar-refractivity contribution in [3.8, 4) is 0 Å². The summed E-state index contributed by atoms with van der Waals surface area (Å²) >= 11 is 9.36. The Hall–Kier alpha value is -0.860. The van der Waals surface area contributed by atoms with Gasteiger partial charge < -0.3 is 0 Å². The average Bonchev–Trinajstić information content (AvgIpc) is 2.49. The van der Waals surface area contributed by atoms with Gasteiger partial charge in [-0.2, -0.15) is 0 Å². The van der Waals surface area contributed by atoms with Gasteiger partial charge in [0.2, 0.25) is 0 Å². The van der Waals surface area contributed by atoms with Crippen LogP contribution in [0.3, 0.4) is 0 Å². The molecule has 21 heavy (non-hydrogen) atoms. The van der Waals surface area contributed by atoms with Crippen LogP contribution in [0.4, 0.5) is 4.39 Å². The lowest BCUT2D eigenvalue weighted by Crippen LogP contribution is -2.15. The summed E-state index contributed by atoms with van der Waals surface area (Å²) < 4.78 is 13.6. The maximum atomic E-state index is 13.6. The Morgan fingerprint density at radius 2 is 1.67 bits per heavy atom. The van der Waals surface area contributed by atoms with Gasteiger partial charge in [0.15, 0.2) is 0 Å². The van der Waals surface area contributed by atoms with Gasteiger partial charge in [0.1, 0.15) is 5.82 Å². The van der Waals surface area contributed by atoms with E-state index in [1.165, 1.54) is 11.6 Å². The highest BCUT2D eigenvalue weighted by molar-refractivity contribution is 9.09. The van der Waals surface area contributed by atoms with Crippen LogP contribution < -0.4 is 0 Å². The highest BCUT2D eigenvalue weighted by Gasteiger charge is 2.19. The fourth-order valence-corrected chi connectivity index (χ4v) is 2.88. The first-order valence-corrected chi connectivity index (χ1v) is 8.34. The molecule has 0 heterocycles. The van der Waals surface area contributed by atoms with Crippen LogP contribution in [0.1, 0.15) is 48.7 Å². The van der Waals surface area contributed by atoms with E-state index in [4.69, 9.17) is 11.6 Å². The van der Waals surface area contributed by atoms with Crippen molar-refractivity contribution in [1.82, 2.24) is 0 Å². The van der Waals surface area contributed by atoms with Gasteiger partial charge in [-0.25, -0.2) is 4.39 Å². The van der Waals surface area contributed by atoms with Gasteiger partial charge in [0.25, 0.3) is 0 Å². The molecule has 2 aromatic rings. The van der Waals surface area contributed by atoms with E-state index in [1.807, 2.05) is 6.07 Å². The number of hydrogen-bond donors (Lipinski definition) is 0. The van der Waals surface area contributed by atoms with Crippen molar-refractivity contribution >= 4 is 27.5 Å². The first kappa shape index (κ1) is 16.5. The second kappa shape index (κ2) is 6.50. The molecule has 0 aliphatic rings. The Morgan fingerprint density at radius 3 is 2.19 bits per heavy atom. The highest BCUT2D eigenvalue weighted by Crippen LogP contribution is 2.34. The second-order valence-electron chi connectivity index (χ2n) is 5.90. The fourth-order valence-electron chi connectivity index (χ4n) is 2.17. The Morgan fingerprint density at radius 1 is 1.10 bits per heavy atom. The van der Waals surface area contributed by atoms with Gasteiger partial charge in [-0.15, -0.1) is 0 Å². The van der Waals surface area contributed by atoms with E-state index in [-0.39, 0.29) is 21.1 Å². The topological polar surface area (TPSA) is 0 Å². The van der Waals surface area contributed by atoms with Crippen LogP contribution in [0.5, 0.6) is 0 Å². The SMILES string of the molecule is CCC(C)(C)c1ccc(C(Br)c2ccc(Cl)c(F)c2)cc1. The van der Waals surface area contributed by atoms with Crippen LogP contribution >= 0.6 is 27.5 Å². The number of alkyl halides is 1. The summed E-state index contributed by atoms with van der Waals surface area (Å²) in [6.07, 6.45) is 1.09. The van der Waals surface area contributed by atoms with Crippen LogP contribution in [0, 0.1) is 5.82 Å². The first-order valence-electron chi connectivity index (χ1n) is 7.04. The van der Waals surface area contributed by atoms with Gasteiger partial charge in [0.05, 0.1) is 9.85 Å². The quantitative estimate of drug-likeness (QED) is 0.529. The first-order chi connectivity index (χ1) is 9.85. The molecule has 1 atom stereocenters. The predicted octanol–water partition coefficient (Wildman–Crippen LogP) is 6.65. The minimum Gasteiger partial charge on any atom is -0.205 e. The largest absolute Gasteiger partial charge is 0.205 e. The maximum Gasteiger partial charge on any atom is 0.142 e. The lowest BCUT2D eigenvalue weighted by molar-refractivity contribution is 0.506. The average molecular weight is 370 g/mol. The van der Waals surface area contributed by atoms with E-state index in [0.29, 0.717) is 0 Å². The third-order valence-corrected chi connectivity index (χ3v) is 5.47. The lowest BCUT2D eigenvalue weighted by atomic mass is 9.82. The molecule has 0 nitrogen and oxygen atoms in total. The van der Waals surface area contributed by atoms with Crippen LogP contribution in [0.25, 0.3) is 0 Å². The van der Waals surface area contributed by atoms with Crippen LogP contribution in [0.2, 0.25) is 5.02 Å². The number of hydrogen-bond acceptors (Lipinski definition) is 0. The Kier molecular flexibility index (Phi) is 5.11. The molecule has 0 fully saturated rings. The summed E-state index contributed by atoms with van der Waals surface area (Å²) in [7, 11) is 0. The summed E-state index contributed by atoms with van der Waals surface area (Å²) in [4.78, 5) is -0.0388. The molecule has 112 valence electrons. The summed E-state index contributed by atoms with van der Waals surface area (Å²) in [5.74, 6) is -0.387. The molecular weight excluding hydrogens is 351 g/mol. The molecule has 0 amide bonds. The molecule has 0 spiro atoms. The zero-order valence-corrected chi connectivity index (χ0v) is 14.8. The molecule has 0 aliphatic heterocycles. The molecule has 2 aromatic carbocycles. The van der Waals surface area contributed by atoms with E-state index >= 15 is 0 Å². The van der Waals surface area contributed by atoms with Crippen LogP contribution in [0.15, 0.2) is 42.5 Å². The second-order valence-corrected chi connectivity index (χ2v) is 7.22. The molecule has 2 rings (SSSR count). The van der Waals surface area contributed by atoms with Crippen molar-refractivity contribution in [2.45, 2.75) is 37.4 Å². The van der Waals surface area contributed by atoms with E-state index in [9.17, 15) is 4.39 Å². The zero-order chi connectivity index (χ0) is 15.6. The van der Waals surface area contributed by atoms with Crippen molar-refractivity contribution in [3.63, 3.8) is 0 Å². The zero-order valence-electron chi connectivity index (χ0n) is 12.5. The Labute approximate surface area is 139 Å². The van der Waals surface area contributed by atoms with Crippen molar-refractivity contribution in [2.75, 3.05) is 0 Å². The molecule has 0 saturated heterocycles. The molecule has 1 unspecified atom stereocenters. The highest BCUT2D eigenvalue weighted by atomic mass is 79.9. The minimum absolute atomic E-state index is 0.0388. The normalized spacial score (nSPS) is 13.2. The fraction of sp³-hybridized carbons (Fsp3) is 0.333. The third kappa shape index (κ3) is 3.67. The summed E-state index contributed by atoms with van der Waals surface area (Å²) in [6.45, 7) is 6.67. The van der Waals surface area contributed by atoms with Gasteiger partial charge in [-0.3, -0.25) is 0 Å². The molecule has 0 saturated carbocycles. The van der Waals surface area contributed by atoms with Gasteiger partial charge in [-0.1, -0.05) is 78.6 Å². The summed E-state index contributed by atoms with van der Waals surface area (Å²) in [6, 6.07) is 13.4. The number of halogens is 3. The van der Waals surface area contributed by atoms with Gasteiger partial charge in [0, 0.05) is 0 Å². The molecule has 0 aliphatic carbocycles. The van der Waals surface area contributed by atoms with Crippen LogP contribution in [-0.2, 0) is 5.41 Å². The van der Waals surface area contributed by atoms with E-state index < -0.39 is 0 Å². The summed E-state index contributed by atoms with van der Waals surface area (Å²) in [5.41, 5.74) is 3.45. The molecular formula is C18H19BrClF. The van der Waals surface area contributed by atoms with Crippen molar-refractivity contribution in [3.05, 3.63) is 70.0 Å². The summed E-state index contributed by atoms with van der Waals surface area (Å²) in [5, 5.41) is 0.151. The number of benzene rings is 2. The molecule has 0 N–H and O–H groups in total. The molecule has 0 aromatic heterocycles. The van der Waals surface area contributed by atoms with Crippen molar-refractivity contribution in [1.29, 1.82) is 0 Å². The van der Waals surface area contributed by atoms with Crippen molar-refractivity contribution < 1.29 is 4.39 Å². The Bertz CT molecular complexity index is 620. The van der Waals surface area contributed by atoms with E-state index in [0.717, 1.165) is 17.5 Å². The standard InChI is InChI=1S/C18H19BrClF/c1-4-18(2,3)14-8-5-12(6-9-14)17(19)13-7-10-15(20)16(21)11-13/h5-11,17H,4H2,1-3H3. The lowest BCUT2D eigenvalue weighted by Gasteiger charge is -2.24. The molecule has 3 heteroatoms. The van der Waals surface area contributed by atoms with E-state index in [2.05, 4.69) is 61.0 Å². The Balaban J connectivity index is 2.27. The molecule has 0 bridgehead atoms. The minimum atomic E-state index is -0.387. The third-order valence-electron chi connectivity index (χ3n) is 4.11. The van der Waals surface area contributed by atoms with Crippen molar-refractivity contribution in [2.24, 2.45) is 0 Å². The van der Waals surface area contributed by atoms with Gasteiger partial charge >= 0.3 is 0 Å². The predicted molar refractivity (Wildman–Crippen MR) is 91.9 cm³/mol. The number of rotatable bonds is 4.